The van der Waals surface area contributed by atoms with E-state index in [0.29, 0.717) is 24.4 Å². The molecule has 9 heteroatoms. The van der Waals surface area contributed by atoms with Crippen molar-refractivity contribution in [2.75, 3.05) is 6.61 Å². The monoisotopic (exact) mass is 473 g/mol. The van der Waals surface area contributed by atoms with E-state index in [9.17, 15) is 14.7 Å². The number of aromatic amines is 1. The van der Waals surface area contributed by atoms with Crippen LogP contribution in [0.1, 0.15) is 47.4 Å². The molecule has 2 N–H and O–H groups in total. The second-order valence-corrected chi connectivity index (χ2v) is 8.15. The van der Waals surface area contributed by atoms with Crippen molar-refractivity contribution >= 4 is 5.97 Å². The van der Waals surface area contributed by atoms with Gasteiger partial charge in [0.15, 0.2) is 5.82 Å². The number of benzene rings is 2. The number of carbonyl (C=O) groups is 1. The van der Waals surface area contributed by atoms with Crippen LogP contribution in [0.3, 0.4) is 0 Å². The zero-order valence-corrected chi connectivity index (χ0v) is 19.9. The Morgan fingerprint density at radius 2 is 1.80 bits per heavy atom. The minimum atomic E-state index is -0.626. The van der Waals surface area contributed by atoms with Gasteiger partial charge in [0.1, 0.15) is 11.3 Å². The predicted octanol–water partition coefficient (Wildman–Crippen LogP) is 3.89. The number of nitrogens with one attached hydrogen (secondary N) is 1. The quantitative estimate of drug-likeness (QED) is 0.372. The van der Waals surface area contributed by atoms with Crippen LogP contribution in [0.25, 0.3) is 22.5 Å². The molecule has 0 unspecified atom stereocenters. The third kappa shape index (κ3) is 4.70. The molecule has 0 saturated heterocycles. The molecule has 2 heterocycles. The molecule has 0 fully saturated rings. The van der Waals surface area contributed by atoms with Gasteiger partial charge in [-0.05, 0) is 47.4 Å². The van der Waals surface area contributed by atoms with Crippen molar-refractivity contribution in [1.29, 1.82) is 0 Å². The summed E-state index contributed by atoms with van der Waals surface area (Å²) in [5, 5.41) is 24.8. The van der Waals surface area contributed by atoms with E-state index in [1.165, 1.54) is 6.92 Å². The van der Waals surface area contributed by atoms with Gasteiger partial charge < -0.3 is 14.4 Å². The van der Waals surface area contributed by atoms with Crippen molar-refractivity contribution in [1.82, 2.24) is 25.2 Å². The van der Waals surface area contributed by atoms with E-state index in [1.54, 1.807) is 11.5 Å². The van der Waals surface area contributed by atoms with E-state index >= 15 is 0 Å². The first-order chi connectivity index (χ1) is 17.0. The number of ether oxygens (including phenoxy) is 1. The maximum absolute atomic E-state index is 13.1. The van der Waals surface area contributed by atoms with Gasteiger partial charge >= 0.3 is 5.97 Å². The number of H-pyrrole nitrogens is 1. The zero-order valence-electron chi connectivity index (χ0n) is 19.9. The van der Waals surface area contributed by atoms with Crippen LogP contribution in [0.2, 0.25) is 0 Å². The first-order valence-electron chi connectivity index (χ1n) is 11.5. The maximum Gasteiger partial charge on any atom is 0.343 e. The summed E-state index contributed by atoms with van der Waals surface area (Å²) in [7, 11) is 0. The lowest BCUT2D eigenvalue weighted by molar-refractivity contribution is 0.0520. The van der Waals surface area contributed by atoms with Crippen LogP contribution in [0.15, 0.2) is 53.3 Å². The smallest absolute Gasteiger partial charge is 0.343 e. The van der Waals surface area contributed by atoms with Crippen LogP contribution in [0.5, 0.6) is 5.75 Å². The van der Waals surface area contributed by atoms with E-state index in [-0.39, 0.29) is 35.6 Å². The number of tetrazole rings is 1. The number of aromatic nitrogens is 5. The predicted molar refractivity (Wildman–Crippen MR) is 131 cm³/mol. The fraction of sp³-hybridized carbons (Fsp3) is 0.269. The van der Waals surface area contributed by atoms with Crippen molar-refractivity contribution in [3.63, 3.8) is 0 Å². The van der Waals surface area contributed by atoms with Gasteiger partial charge in [0.25, 0.3) is 5.56 Å². The van der Waals surface area contributed by atoms with Gasteiger partial charge in [-0.25, -0.2) is 9.89 Å². The Morgan fingerprint density at radius 1 is 1.09 bits per heavy atom. The molecule has 0 radical (unpaired) electrons. The molecule has 0 bridgehead atoms. The number of hydrogen-bond acceptors (Lipinski definition) is 7. The fourth-order valence-corrected chi connectivity index (χ4v) is 4.15. The number of aromatic hydroxyl groups is 1. The molecular formula is C26H27N5O4. The minimum absolute atomic E-state index is 0.0667. The standard InChI is InChI=1S/C26H27N5O4/c1-4-8-21-22(26(34)35-5-2)23(32)16(3)25(33)31(21)15-17-11-13-18(14-12-17)19-9-6-7-10-20(19)24-27-29-30-28-24/h6-7,9-14,32H,4-5,8,15H2,1-3H3,(H,27,28,29,30). The number of pyridine rings is 1. The topological polar surface area (TPSA) is 123 Å². The van der Waals surface area contributed by atoms with Gasteiger partial charge in [-0.3, -0.25) is 4.79 Å². The molecule has 0 aliphatic carbocycles. The third-order valence-corrected chi connectivity index (χ3v) is 5.87. The summed E-state index contributed by atoms with van der Waals surface area (Å²) in [4.78, 5) is 25.8. The van der Waals surface area contributed by atoms with Crippen LogP contribution in [-0.2, 0) is 17.7 Å². The molecule has 9 nitrogen and oxygen atoms in total. The Hall–Kier alpha value is -4.27. The largest absolute Gasteiger partial charge is 0.506 e. The SMILES string of the molecule is CCCc1c(C(=O)OCC)c(O)c(C)c(=O)n1Cc1ccc(-c2ccccc2-c2nnn[nH]2)cc1. The lowest BCUT2D eigenvalue weighted by Crippen LogP contribution is -2.29. The van der Waals surface area contributed by atoms with Crippen LogP contribution in [0, 0.1) is 6.92 Å². The molecule has 0 atom stereocenters. The summed E-state index contributed by atoms with van der Waals surface area (Å²) in [6.07, 6.45) is 1.15. The van der Waals surface area contributed by atoms with E-state index in [2.05, 4.69) is 20.6 Å². The number of esters is 1. The second-order valence-electron chi connectivity index (χ2n) is 8.15. The van der Waals surface area contributed by atoms with E-state index in [1.807, 2.05) is 55.5 Å². The molecule has 180 valence electrons. The van der Waals surface area contributed by atoms with Gasteiger partial charge in [0.05, 0.1) is 18.7 Å². The average molecular weight is 474 g/mol. The highest BCUT2D eigenvalue weighted by Gasteiger charge is 2.25. The summed E-state index contributed by atoms with van der Waals surface area (Å²) in [5.74, 6) is -0.354. The molecule has 35 heavy (non-hydrogen) atoms. The number of rotatable bonds is 8. The van der Waals surface area contributed by atoms with Gasteiger partial charge in [-0.15, -0.1) is 5.10 Å². The Morgan fingerprint density at radius 3 is 2.43 bits per heavy atom. The van der Waals surface area contributed by atoms with Gasteiger partial charge in [0.2, 0.25) is 0 Å². The summed E-state index contributed by atoms with van der Waals surface area (Å²) in [5.41, 5.74) is 4.03. The number of hydrogen-bond donors (Lipinski definition) is 2. The number of carbonyl (C=O) groups excluding carboxylic acids is 1. The minimum Gasteiger partial charge on any atom is -0.506 e. The second kappa shape index (κ2) is 10.3. The summed E-state index contributed by atoms with van der Waals surface area (Å²) in [6, 6.07) is 15.6. The lowest BCUT2D eigenvalue weighted by atomic mass is 9.98. The van der Waals surface area contributed by atoms with Crippen molar-refractivity contribution in [2.24, 2.45) is 0 Å². The number of nitrogens with zero attached hydrogens (tertiary/aromatic N) is 4. The van der Waals surface area contributed by atoms with Crippen LogP contribution in [-0.4, -0.2) is 42.9 Å². The molecule has 0 saturated carbocycles. The normalized spacial score (nSPS) is 10.9. The van der Waals surface area contributed by atoms with Crippen molar-refractivity contribution in [2.45, 2.75) is 40.2 Å². The Labute approximate surface area is 202 Å². The van der Waals surface area contributed by atoms with Gasteiger partial charge in [0, 0.05) is 11.3 Å². The molecular weight excluding hydrogens is 446 g/mol. The highest BCUT2D eigenvalue weighted by molar-refractivity contribution is 5.94. The summed E-state index contributed by atoms with van der Waals surface area (Å²) >= 11 is 0. The molecule has 2 aromatic carbocycles. The molecule has 4 aromatic rings. The summed E-state index contributed by atoms with van der Waals surface area (Å²) < 4.78 is 6.73. The Balaban J connectivity index is 1.73. The average Bonchev–Trinajstić information content (AvgIpc) is 3.41. The highest BCUT2D eigenvalue weighted by atomic mass is 16.5. The Kier molecular flexibility index (Phi) is 7.05. The first kappa shape index (κ1) is 23.9. The Bertz CT molecular complexity index is 1390. The maximum atomic E-state index is 13.1. The molecule has 2 aromatic heterocycles. The molecule has 0 aliphatic rings. The third-order valence-electron chi connectivity index (χ3n) is 5.87. The molecule has 4 rings (SSSR count). The van der Waals surface area contributed by atoms with Gasteiger partial charge in [-0.2, -0.15) is 0 Å². The van der Waals surface area contributed by atoms with Crippen molar-refractivity contribution < 1.29 is 14.6 Å². The van der Waals surface area contributed by atoms with Crippen LogP contribution < -0.4 is 5.56 Å². The molecule has 0 spiro atoms. The van der Waals surface area contributed by atoms with E-state index in [0.717, 1.165) is 22.3 Å². The van der Waals surface area contributed by atoms with E-state index in [4.69, 9.17) is 4.74 Å². The van der Waals surface area contributed by atoms with Crippen LogP contribution >= 0.6 is 0 Å². The molecule has 0 aliphatic heterocycles. The first-order valence-corrected chi connectivity index (χ1v) is 11.5. The lowest BCUT2D eigenvalue weighted by Gasteiger charge is -2.19. The highest BCUT2D eigenvalue weighted by Crippen LogP contribution is 2.30. The van der Waals surface area contributed by atoms with E-state index < -0.39 is 5.97 Å². The van der Waals surface area contributed by atoms with Gasteiger partial charge in [-0.1, -0.05) is 61.9 Å². The molecule has 0 amide bonds. The van der Waals surface area contributed by atoms with Crippen LogP contribution in [0.4, 0.5) is 0 Å². The fourth-order valence-electron chi connectivity index (χ4n) is 4.15. The van der Waals surface area contributed by atoms with Crippen molar-refractivity contribution in [3.8, 4) is 28.3 Å². The summed E-state index contributed by atoms with van der Waals surface area (Å²) in [6.45, 7) is 5.61. The van der Waals surface area contributed by atoms with Crippen molar-refractivity contribution in [3.05, 3.63) is 81.3 Å². The zero-order chi connectivity index (χ0) is 24.9.